The van der Waals surface area contributed by atoms with Gasteiger partial charge in [0.05, 0.1) is 11.4 Å². The number of rotatable bonds is 3. The number of nitrogen functional groups attached to an aromatic ring is 1. The van der Waals surface area contributed by atoms with Crippen LogP contribution in [0, 0.1) is 13.8 Å². The van der Waals surface area contributed by atoms with Crippen molar-refractivity contribution in [2.75, 3.05) is 5.73 Å². The number of hydrogen-bond acceptors (Lipinski definition) is 4. The van der Waals surface area contributed by atoms with Crippen LogP contribution in [-0.4, -0.2) is 25.6 Å². The minimum Gasteiger partial charge on any atom is -0.477 e. The van der Waals surface area contributed by atoms with Crippen LogP contribution in [0.2, 0.25) is 0 Å². The summed E-state index contributed by atoms with van der Waals surface area (Å²) in [6, 6.07) is 7.97. The summed E-state index contributed by atoms with van der Waals surface area (Å²) in [6.45, 7) is 4.60. The molecule has 0 aliphatic heterocycles. The van der Waals surface area contributed by atoms with E-state index >= 15 is 0 Å². The van der Waals surface area contributed by atoms with Crippen molar-refractivity contribution in [1.82, 2.24) is 14.5 Å². The predicted molar refractivity (Wildman–Crippen MR) is 99.3 cm³/mol. The summed E-state index contributed by atoms with van der Waals surface area (Å²) < 4.78 is 1.84. The SMILES string of the molecule is Cc1ccc(Cn2c(C(=O)O)cc3c2-c2nc(N)ncc2CC3)cc1C. The van der Waals surface area contributed by atoms with Gasteiger partial charge in [-0.1, -0.05) is 18.2 Å². The molecule has 2 heterocycles. The van der Waals surface area contributed by atoms with Crippen molar-refractivity contribution in [2.24, 2.45) is 0 Å². The third kappa shape index (κ3) is 2.63. The van der Waals surface area contributed by atoms with Crippen LogP contribution < -0.4 is 5.73 Å². The van der Waals surface area contributed by atoms with E-state index in [0.29, 0.717) is 6.54 Å². The van der Waals surface area contributed by atoms with Gasteiger partial charge in [0, 0.05) is 12.7 Å². The van der Waals surface area contributed by atoms with Gasteiger partial charge in [0.15, 0.2) is 0 Å². The number of carbonyl (C=O) groups is 1. The van der Waals surface area contributed by atoms with E-state index in [9.17, 15) is 9.90 Å². The minimum atomic E-state index is -0.938. The van der Waals surface area contributed by atoms with E-state index < -0.39 is 5.97 Å². The lowest BCUT2D eigenvalue weighted by Crippen LogP contribution is -2.14. The fourth-order valence-corrected chi connectivity index (χ4v) is 3.58. The summed E-state index contributed by atoms with van der Waals surface area (Å²) in [5.41, 5.74) is 13.1. The molecule has 1 aliphatic rings. The molecule has 3 N–H and O–H groups in total. The zero-order valence-electron chi connectivity index (χ0n) is 14.8. The van der Waals surface area contributed by atoms with E-state index in [0.717, 1.165) is 40.9 Å². The molecule has 6 nitrogen and oxygen atoms in total. The number of aryl methyl sites for hydroxylation is 4. The largest absolute Gasteiger partial charge is 0.477 e. The lowest BCUT2D eigenvalue weighted by molar-refractivity contribution is 0.0686. The number of aromatic carboxylic acids is 1. The summed E-state index contributed by atoms with van der Waals surface area (Å²) >= 11 is 0. The van der Waals surface area contributed by atoms with Crippen LogP contribution in [0.1, 0.15) is 38.3 Å². The summed E-state index contributed by atoms with van der Waals surface area (Å²) in [5, 5.41) is 9.72. The highest BCUT2D eigenvalue weighted by Crippen LogP contribution is 2.35. The Morgan fingerprint density at radius 1 is 1.19 bits per heavy atom. The molecule has 132 valence electrons. The van der Waals surface area contributed by atoms with Gasteiger partial charge in [-0.15, -0.1) is 0 Å². The quantitative estimate of drug-likeness (QED) is 0.759. The number of carboxylic acids is 1. The van der Waals surface area contributed by atoms with Crippen LogP contribution in [0.15, 0.2) is 30.5 Å². The number of hydrogen-bond donors (Lipinski definition) is 2. The van der Waals surface area contributed by atoms with Crippen molar-refractivity contribution in [3.05, 3.63) is 64.0 Å². The molecule has 26 heavy (non-hydrogen) atoms. The third-order valence-corrected chi connectivity index (χ3v) is 5.08. The smallest absolute Gasteiger partial charge is 0.352 e. The maximum atomic E-state index is 11.9. The molecule has 0 spiro atoms. The van der Waals surface area contributed by atoms with E-state index in [4.69, 9.17) is 5.73 Å². The molecular formula is C20H20N4O2. The van der Waals surface area contributed by atoms with Crippen LogP contribution >= 0.6 is 0 Å². The Bertz CT molecular complexity index is 1040. The molecule has 0 amide bonds. The lowest BCUT2D eigenvalue weighted by Gasteiger charge is -2.19. The Hall–Kier alpha value is -3.15. The van der Waals surface area contributed by atoms with Gasteiger partial charge < -0.3 is 15.4 Å². The van der Waals surface area contributed by atoms with E-state index in [1.807, 2.05) is 10.6 Å². The van der Waals surface area contributed by atoms with Crippen molar-refractivity contribution in [3.8, 4) is 11.4 Å². The maximum absolute atomic E-state index is 11.9. The van der Waals surface area contributed by atoms with E-state index in [2.05, 4.69) is 35.9 Å². The summed E-state index contributed by atoms with van der Waals surface area (Å²) in [5.74, 6) is -0.737. The zero-order valence-corrected chi connectivity index (χ0v) is 14.8. The summed E-state index contributed by atoms with van der Waals surface area (Å²) in [6.07, 6.45) is 3.31. The molecule has 4 rings (SSSR count). The predicted octanol–water partition coefficient (Wildman–Crippen LogP) is 2.99. The number of benzene rings is 1. The molecule has 0 saturated heterocycles. The van der Waals surface area contributed by atoms with E-state index in [-0.39, 0.29) is 11.6 Å². The average Bonchev–Trinajstić information content (AvgIpc) is 2.97. The first-order chi connectivity index (χ1) is 12.4. The van der Waals surface area contributed by atoms with Crippen LogP contribution in [0.25, 0.3) is 11.4 Å². The van der Waals surface area contributed by atoms with Gasteiger partial charge in [0.2, 0.25) is 5.95 Å². The molecule has 0 unspecified atom stereocenters. The second-order valence-corrected chi connectivity index (χ2v) is 6.82. The fourth-order valence-electron chi connectivity index (χ4n) is 3.58. The zero-order chi connectivity index (χ0) is 18.4. The molecule has 0 atom stereocenters. The first-order valence-electron chi connectivity index (χ1n) is 8.57. The normalized spacial score (nSPS) is 12.5. The molecule has 3 aromatic rings. The standard InChI is InChI=1S/C20H20N4O2/c1-11-3-4-13(7-12(11)2)10-24-16(19(25)26)8-14-5-6-15-9-22-20(21)23-17(15)18(14)24/h3-4,7-9H,5-6,10H2,1-2H3,(H,25,26)(H2,21,22,23). The first kappa shape index (κ1) is 16.3. The Morgan fingerprint density at radius 2 is 1.96 bits per heavy atom. The van der Waals surface area contributed by atoms with Crippen molar-refractivity contribution in [3.63, 3.8) is 0 Å². The molecular weight excluding hydrogens is 328 g/mol. The van der Waals surface area contributed by atoms with Gasteiger partial charge in [-0.25, -0.2) is 14.8 Å². The highest BCUT2D eigenvalue weighted by Gasteiger charge is 2.27. The van der Waals surface area contributed by atoms with Crippen molar-refractivity contribution in [2.45, 2.75) is 33.2 Å². The number of nitrogens with zero attached hydrogens (tertiary/aromatic N) is 3. The Morgan fingerprint density at radius 3 is 2.69 bits per heavy atom. The highest BCUT2D eigenvalue weighted by atomic mass is 16.4. The van der Waals surface area contributed by atoms with Crippen LogP contribution in [-0.2, 0) is 19.4 Å². The lowest BCUT2D eigenvalue weighted by atomic mass is 9.95. The monoisotopic (exact) mass is 348 g/mol. The fraction of sp³-hybridized carbons (Fsp3) is 0.250. The van der Waals surface area contributed by atoms with Crippen molar-refractivity contribution in [1.29, 1.82) is 0 Å². The van der Waals surface area contributed by atoms with Crippen LogP contribution in [0.4, 0.5) is 5.95 Å². The van der Waals surface area contributed by atoms with Crippen LogP contribution in [0.3, 0.4) is 0 Å². The van der Waals surface area contributed by atoms with Gasteiger partial charge >= 0.3 is 5.97 Å². The molecule has 1 aliphatic carbocycles. The second-order valence-electron chi connectivity index (χ2n) is 6.82. The maximum Gasteiger partial charge on any atom is 0.352 e. The summed E-state index contributed by atoms with van der Waals surface area (Å²) in [4.78, 5) is 20.3. The van der Waals surface area contributed by atoms with E-state index in [1.165, 1.54) is 11.1 Å². The number of fused-ring (bicyclic) bond motifs is 3. The van der Waals surface area contributed by atoms with Crippen molar-refractivity contribution < 1.29 is 9.90 Å². The van der Waals surface area contributed by atoms with Gasteiger partial charge in [-0.3, -0.25) is 0 Å². The van der Waals surface area contributed by atoms with Gasteiger partial charge in [0.25, 0.3) is 0 Å². The first-order valence-corrected chi connectivity index (χ1v) is 8.57. The van der Waals surface area contributed by atoms with Crippen molar-refractivity contribution >= 4 is 11.9 Å². The molecule has 1 aromatic carbocycles. The van der Waals surface area contributed by atoms with Gasteiger partial charge in [0.1, 0.15) is 5.69 Å². The Labute approximate surface area is 151 Å². The third-order valence-electron chi connectivity index (χ3n) is 5.08. The summed E-state index contributed by atoms with van der Waals surface area (Å²) in [7, 11) is 0. The molecule has 0 radical (unpaired) electrons. The Kier molecular flexibility index (Phi) is 3.76. The molecule has 0 fully saturated rings. The number of aromatic nitrogens is 3. The molecule has 0 bridgehead atoms. The topological polar surface area (TPSA) is 94.0 Å². The molecule has 2 aromatic heterocycles. The highest BCUT2D eigenvalue weighted by molar-refractivity contribution is 5.89. The van der Waals surface area contributed by atoms with Gasteiger partial charge in [-0.05, 0) is 60.6 Å². The minimum absolute atomic E-state index is 0.201. The van der Waals surface area contributed by atoms with Crippen LogP contribution in [0.5, 0.6) is 0 Å². The second kappa shape index (κ2) is 5.98. The number of anilines is 1. The number of nitrogens with two attached hydrogens (primary N) is 1. The van der Waals surface area contributed by atoms with E-state index in [1.54, 1.807) is 12.3 Å². The number of carboxylic acid groups (broad SMARTS) is 1. The Balaban J connectivity index is 1.90. The molecule has 0 saturated carbocycles. The molecule has 6 heteroatoms. The van der Waals surface area contributed by atoms with Gasteiger partial charge in [-0.2, -0.15) is 0 Å². The average molecular weight is 348 g/mol.